The van der Waals surface area contributed by atoms with Crippen LogP contribution >= 0.6 is 35.0 Å². The van der Waals surface area contributed by atoms with E-state index >= 15 is 0 Å². The third kappa shape index (κ3) is 1.73. The fourth-order valence-electron chi connectivity index (χ4n) is 1.33. The Hall–Kier alpha value is 0.150. The molecule has 0 aromatic heterocycles. The lowest BCUT2D eigenvalue weighted by Gasteiger charge is -2.19. The summed E-state index contributed by atoms with van der Waals surface area (Å²) in [4.78, 5) is 1.33. The number of rotatable bonds is 0. The largest absolute Gasteiger partial charge is 0.124 e. The van der Waals surface area contributed by atoms with Crippen LogP contribution in [-0.2, 0) is 6.42 Å². The zero-order valence-electron chi connectivity index (χ0n) is 6.39. The van der Waals surface area contributed by atoms with Gasteiger partial charge in [-0.05, 0) is 30.2 Å². The summed E-state index contributed by atoms with van der Waals surface area (Å²) < 4.78 is 0. The average molecular weight is 219 g/mol. The summed E-state index contributed by atoms with van der Waals surface area (Å²) in [5.74, 6) is 1.01. The van der Waals surface area contributed by atoms with Crippen LogP contribution in [0, 0.1) is 0 Å². The third-order valence-electron chi connectivity index (χ3n) is 1.88. The first-order valence-electron chi connectivity index (χ1n) is 3.81. The van der Waals surface area contributed by atoms with Crippen LogP contribution in [0.15, 0.2) is 23.1 Å². The van der Waals surface area contributed by atoms with Gasteiger partial charge in [0.15, 0.2) is 0 Å². The monoisotopic (exact) mass is 218 g/mol. The summed E-state index contributed by atoms with van der Waals surface area (Å²) in [6.45, 7) is 0. The van der Waals surface area contributed by atoms with E-state index in [1.54, 1.807) is 0 Å². The minimum Gasteiger partial charge on any atom is -0.124 e. The van der Waals surface area contributed by atoms with Crippen molar-refractivity contribution in [3.63, 3.8) is 0 Å². The second-order valence-electron chi connectivity index (χ2n) is 2.86. The molecule has 0 fully saturated rings. The Morgan fingerprint density at radius 3 is 3.08 bits per heavy atom. The first-order chi connectivity index (χ1) is 5.75. The molecule has 3 heteroatoms. The van der Waals surface area contributed by atoms with Crippen LogP contribution in [0.25, 0.3) is 0 Å². The zero-order chi connectivity index (χ0) is 8.55. The Balaban J connectivity index is 2.37. The van der Waals surface area contributed by atoms with Crippen LogP contribution in [0.1, 0.15) is 5.56 Å². The predicted octanol–water partition coefficient (Wildman–Crippen LogP) is 3.60. The van der Waals surface area contributed by atoms with Gasteiger partial charge in [-0.15, -0.1) is 23.4 Å². The van der Waals surface area contributed by atoms with Gasteiger partial charge in [-0.2, -0.15) is 0 Å². The molecule has 0 nitrogen and oxygen atoms in total. The van der Waals surface area contributed by atoms with E-state index in [1.807, 2.05) is 23.9 Å². The van der Waals surface area contributed by atoms with Gasteiger partial charge in [0, 0.05) is 21.0 Å². The van der Waals surface area contributed by atoms with Crippen molar-refractivity contribution in [2.24, 2.45) is 0 Å². The standard InChI is InChI=1S/C9H8Cl2S/c10-7-1-2-9-6(3-7)4-8(11)5-12-9/h1-3,8H,4-5H2. The van der Waals surface area contributed by atoms with Gasteiger partial charge in [-0.25, -0.2) is 0 Å². The van der Waals surface area contributed by atoms with Gasteiger partial charge >= 0.3 is 0 Å². The molecule has 1 aliphatic heterocycles. The summed E-state index contributed by atoms with van der Waals surface area (Å²) in [5.41, 5.74) is 1.29. The fraction of sp³-hybridized carbons (Fsp3) is 0.333. The minimum atomic E-state index is 0.265. The normalized spacial score (nSPS) is 22.0. The lowest BCUT2D eigenvalue weighted by atomic mass is 10.1. The molecule has 1 heterocycles. The molecule has 0 saturated heterocycles. The molecule has 0 spiro atoms. The van der Waals surface area contributed by atoms with Crippen LogP contribution in [0.5, 0.6) is 0 Å². The van der Waals surface area contributed by atoms with Gasteiger partial charge in [-0.3, -0.25) is 0 Å². The van der Waals surface area contributed by atoms with E-state index in [0.29, 0.717) is 0 Å². The molecule has 1 unspecified atom stereocenters. The first-order valence-corrected chi connectivity index (χ1v) is 5.61. The minimum absolute atomic E-state index is 0.265. The molecule has 64 valence electrons. The SMILES string of the molecule is Clc1ccc2c(c1)CC(Cl)CS2. The second-order valence-corrected chi connectivity index (χ2v) is 4.98. The fourth-order valence-corrected chi connectivity index (χ4v) is 2.85. The number of hydrogen-bond acceptors (Lipinski definition) is 1. The summed E-state index contributed by atoms with van der Waals surface area (Å²) >= 11 is 13.7. The summed E-state index contributed by atoms with van der Waals surface area (Å²) in [6, 6.07) is 6.02. The van der Waals surface area contributed by atoms with Crippen molar-refractivity contribution < 1.29 is 0 Å². The number of fused-ring (bicyclic) bond motifs is 1. The number of alkyl halides is 1. The maximum absolute atomic E-state index is 6.03. The highest BCUT2D eigenvalue weighted by molar-refractivity contribution is 7.99. The summed E-state index contributed by atoms with van der Waals surface area (Å²) in [6.07, 6.45) is 0.949. The van der Waals surface area contributed by atoms with Gasteiger partial charge in [0.1, 0.15) is 0 Å². The average Bonchev–Trinajstić information content (AvgIpc) is 2.03. The quantitative estimate of drug-likeness (QED) is 0.601. The maximum Gasteiger partial charge on any atom is 0.0470 e. The Bertz CT molecular complexity index is 299. The highest BCUT2D eigenvalue weighted by Crippen LogP contribution is 2.33. The smallest absolute Gasteiger partial charge is 0.0470 e. The molecule has 0 bridgehead atoms. The van der Waals surface area contributed by atoms with Gasteiger partial charge in [-0.1, -0.05) is 11.6 Å². The van der Waals surface area contributed by atoms with Crippen LogP contribution in [-0.4, -0.2) is 11.1 Å². The van der Waals surface area contributed by atoms with Gasteiger partial charge in [0.25, 0.3) is 0 Å². The van der Waals surface area contributed by atoms with Crippen LogP contribution in [0.3, 0.4) is 0 Å². The highest BCUT2D eigenvalue weighted by atomic mass is 35.5. The van der Waals surface area contributed by atoms with Crippen molar-refractivity contribution in [1.82, 2.24) is 0 Å². The van der Waals surface area contributed by atoms with Gasteiger partial charge in [0.05, 0.1) is 0 Å². The van der Waals surface area contributed by atoms with Crippen LogP contribution in [0.2, 0.25) is 5.02 Å². The molecule has 0 saturated carbocycles. The van der Waals surface area contributed by atoms with Crippen molar-refractivity contribution >= 4 is 35.0 Å². The molecule has 1 aromatic carbocycles. The zero-order valence-corrected chi connectivity index (χ0v) is 8.72. The van der Waals surface area contributed by atoms with E-state index in [4.69, 9.17) is 23.2 Å². The molecule has 1 aromatic rings. The number of halogens is 2. The van der Waals surface area contributed by atoms with E-state index in [0.717, 1.165) is 17.2 Å². The lowest BCUT2D eigenvalue weighted by molar-refractivity contribution is 0.899. The van der Waals surface area contributed by atoms with Crippen molar-refractivity contribution in [1.29, 1.82) is 0 Å². The topological polar surface area (TPSA) is 0 Å². The summed E-state index contributed by atoms with van der Waals surface area (Å²) in [7, 11) is 0. The third-order valence-corrected chi connectivity index (χ3v) is 3.89. The Kier molecular flexibility index (Phi) is 2.54. The number of thioether (sulfide) groups is 1. The molecule has 2 rings (SSSR count). The molecule has 12 heavy (non-hydrogen) atoms. The molecule has 1 atom stereocenters. The van der Waals surface area contributed by atoms with Crippen molar-refractivity contribution in [2.45, 2.75) is 16.7 Å². The summed E-state index contributed by atoms with van der Waals surface area (Å²) in [5, 5.41) is 1.07. The molecule has 0 aliphatic carbocycles. The molecule has 0 amide bonds. The highest BCUT2D eigenvalue weighted by Gasteiger charge is 2.16. The van der Waals surface area contributed by atoms with Crippen molar-refractivity contribution in [2.75, 3.05) is 5.75 Å². The van der Waals surface area contributed by atoms with E-state index in [-0.39, 0.29) is 5.38 Å². The Labute approximate surface area is 86.3 Å². The van der Waals surface area contributed by atoms with E-state index < -0.39 is 0 Å². The molecule has 1 aliphatic rings. The molecule has 0 radical (unpaired) electrons. The predicted molar refractivity (Wildman–Crippen MR) is 55.5 cm³/mol. The van der Waals surface area contributed by atoms with E-state index in [9.17, 15) is 0 Å². The second kappa shape index (κ2) is 3.49. The number of hydrogen-bond donors (Lipinski definition) is 0. The Morgan fingerprint density at radius 1 is 1.42 bits per heavy atom. The van der Waals surface area contributed by atoms with Crippen molar-refractivity contribution in [3.05, 3.63) is 28.8 Å². The first kappa shape index (κ1) is 8.74. The lowest BCUT2D eigenvalue weighted by Crippen LogP contribution is -2.12. The molecular formula is C9H8Cl2S. The Morgan fingerprint density at radius 2 is 2.25 bits per heavy atom. The van der Waals surface area contributed by atoms with Crippen LogP contribution in [0.4, 0.5) is 0 Å². The van der Waals surface area contributed by atoms with Crippen LogP contribution < -0.4 is 0 Å². The van der Waals surface area contributed by atoms with Crippen molar-refractivity contribution in [3.8, 4) is 0 Å². The van der Waals surface area contributed by atoms with Gasteiger partial charge in [0.2, 0.25) is 0 Å². The molecule has 0 N–H and O–H groups in total. The van der Waals surface area contributed by atoms with Gasteiger partial charge < -0.3 is 0 Å². The number of benzene rings is 1. The maximum atomic E-state index is 6.03. The van der Waals surface area contributed by atoms with E-state index in [2.05, 4.69) is 6.07 Å². The van der Waals surface area contributed by atoms with E-state index in [1.165, 1.54) is 10.5 Å². The molecular weight excluding hydrogens is 211 g/mol.